The molecule has 1 aromatic carbocycles. The molecule has 8 nitrogen and oxygen atoms in total. The van der Waals surface area contributed by atoms with Crippen molar-refractivity contribution in [2.75, 3.05) is 0 Å². The minimum atomic E-state index is -1.14. The third kappa shape index (κ3) is 2.14. The van der Waals surface area contributed by atoms with Gasteiger partial charge >= 0.3 is 5.97 Å². The number of hydrogen-bond donors (Lipinski definition) is 1. The SMILES string of the molecule is O=C(O)c1nnn(Cc2ncno2)c1-c1ccccc1. The van der Waals surface area contributed by atoms with Gasteiger partial charge in [0.25, 0.3) is 0 Å². The standard InChI is InChI=1S/C12H9N5O3/c18-12(19)10-11(8-4-2-1-3-5-8)17(16-15-10)6-9-13-7-14-20-9/h1-5,7H,6H2,(H,18,19). The molecule has 100 valence electrons. The molecule has 3 aromatic rings. The van der Waals surface area contributed by atoms with E-state index in [9.17, 15) is 9.90 Å². The second-order valence-electron chi connectivity index (χ2n) is 3.95. The van der Waals surface area contributed by atoms with Gasteiger partial charge in [0.1, 0.15) is 12.2 Å². The summed E-state index contributed by atoms with van der Waals surface area (Å²) in [7, 11) is 0. The Hall–Kier alpha value is -3.03. The van der Waals surface area contributed by atoms with Crippen LogP contribution < -0.4 is 0 Å². The Balaban J connectivity index is 2.09. The molecule has 3 rings (SSSR count). The van der Waals surface area contributed by atoms with Gasteiger partial charge in [0.15, 0.2) is 12.0 Å². The summed E-state index contributed by atoms with van der Waals surface area (Å²) in [5.74, 6) is -0.815. The van der Waals surface area contributed by atoms with Crippen LogP contribution >= 0.6 is 0 Å². The first-order chi connectivity index (χ1) is 9.75. The minimum absolute atomic E-state index is 0.115. The number of nitrogens with zero attached hydrogens (tertiary/aromatic N) is 5. The molecular formula is C12H9N5O3. The van der Waals surface area contributed by atoms with Gasteiger partial charge in [-0.05, 0) is 0 Å². The molecule has 8 heteroatoms. The molecule has 0 fully saturated rings. The fourth-order valence-electron chi connectivity index (χ4n) is 1.84. The maximum atomic E-state index is 11.2. The number of carbonyl (C=O) groups is 1. The Kier molecular flexibility index (Phi) is 2.96. The molecule has 2 heterocycles. The summed E-state index contributed by atoms with van der Waals surface area (Å²) < 4.78 is 6.32. The predicted molar refractivity (Wildman–Crippen MR) is 65.8 cm³/mol. The second-order valence-corrected chi connectivity index (χ2v) is 3.95. The molecule has 0 saturated heterocycles. The number of carboxylic acids is 1. The normalized spacial score (nSPS) is 10.6. The van der Waals surface area contributed by atoms with Crippen molar-refractivity contribution in [1.82, 2.24) is 25.1 Å². The zero-order chi connectivity index (χ0) is 13.9. The fourth-order valence-corrected chi connectivity index (χ4v) is 1.84. The summed E-state index contributed by atoms with van der Waals surface area (Å²) in [6, 6.07) is 9.04. The van der Waals surface area contributed by atoms with E-state index in [0.717, 1.165) is 0 Å². The van der Waals surface area contributed by atoms with Crippen molar-refractivity contribution in [3.05, 3.63) is 48.2 Å². The summed E-state index contributed by atoms with van der Waals surface area (Å²) in [5, 5.41) is 20.2. The lowest BCUT2D eigenvalue weighted by atomic mass is 10.1. The Morgan fingerprint density at radius 3 is 2.75 bits per heavy atom. The zero-order valence-electron chi connectivity index (χ0n) is 10.2. The van der Waals surface area contributed by atoms with E-state index >= 15 is 0 Å². The highest BCUT2D eigenvalue weighted by atomic mass is 16.5. The molecule has 0 aliphatic heterocycles. The molecule has 0 unspecified atom stereocenters. The molecule has 0 saturated carbocycles. The van der Waals surface area contributed by atoms with Crippen molar-refractivity contribution in [2.24, 2.45) is 0 Å². The number of aromatic nitrogens is 5. The maximum absolute atomic E-state index is 11.2. The summed E-state index contributed by atoms with van der Waals surface area (Å²) in [6.45, 7) is 0.157. The van der Waals surface area contributed by atoms with Crippen molar-refractivity contribution in [3.8, 4) is 11.3 Å². The monoisotopic (exact) mass is 271 g/mol. The molecule has 20 heavy (non-hydrogen) atoms. The van der Waals surface area contributed by atoms with Crippen LogP contribution in [0.25, 0.3) is 11.3 Å². The van der Waals surface area contributed by atoms with E-state index in [4.69, 9.17) is 4.52 Å². The van der Waals surface area contributed by atoms with Crippen LogP contribution in [-0.2, 0) is 6.54 Å². The Morgan fingerprint density at radius 1 is 1.30 bits per heavy atom. The van der Waals surface area contributed by atoms with Gasteiger partial charge in [0.2, 0.25) is 5.89 Å². The number of hydrogen-bond acceptors (Lipinski definition) is 6. The fraction of sp³-hybridized carbons (Fsp3) is 0.0833. The number of benzene rings is 1. The molecule has 0 aliphatic carbocycles. The molecule has 0 aliphatic rings. The molecule has 0 amide bonds. The highest BCUT2D eigenvalue weighted by molar-refractivity contribution is 5.92. The Morgan fingerprint density at radius 2 is 2.10 bits per heavy atom. The van der Waals surface area contributed by atoms with Crippen molar-refractivity contribution in [3.63, 3.8) is 0 Å². The van der Waals surface area contributed by atoms with Gasteiger partial charge in [-0.25, -0.2) is 9.48 Å². The van der Waals surface area contributed by atoms with E-state index in [1.165, 1.54) is 11.0 Å². The topological polar surface area (TPSA) is 107 Å². The average Bonchev–Trinajstić information content (AvgIpc) is 3.09. The highest BCUT2D eigenvalue weighted by Gasteiger charge is 2.21. The van der Waals surface area contributed by atoms with Crippen LogP contribution in [0.1, 0.15) is 16.4 Å². The van der Waals surface area contributed by atoms with Crippen LogP contribution in [0.4, 0.5) is 0 Å². The average molecular weight is 271 g/mol. The van der Waals surface area contributed by atoms with Crippen molar-refractivity contribution in [1.29, 1.82) is 0 Å². The van der Waals surface area contributed by atoms with Crippen LogP contribution in [0, 0.1) is 0 Å². The van der Waals surface area contributed by atoms with Crippen molar-refractivity contribution >= 4 is 5.97 Å². The zero-order valence-corrected chi connectivity index (χ0v) is 10.2. The quantitative estimate of drug-likeness (QED) is 0.756. The number of rotatable bonds is 4. The lowest BCUT2D eigenvalue weighted by Crippen LogP contribution is -2.06. The molecule has 2 aromatic heterocycles. The van der Waals surface area contributed by atoms with E-state index in [2.05, 4.69) is 20.5 Å². The first kappa shape index (κ1) is 12.0. The Labute approximate surface area is 112 Å². The van der Waals surface area contributed by atoms with Crippen LogP contribution in [0.3, 0.4) is 0 Å². The molecule has 0 atom stereocenters. The van der Waals surface area contributed by atoms with Gasteiger partial charge in [0, 0.05) is 5.56 Å². The van der Waals surface area contributed by atoms with E-state index in [1.807, 2.05) is 18.2 Å². The van der Waals surface area contributed by atoms with Gasteiger partial charge < -0.3 is 9.63 Å². The summed E-state index contributed by atoms with van der Waals surface area (Å²) in [4.78, 5) is 15.1. The lowest BCUT2D eigenvalue weighted by Gasteiger charge is -2.04. The highest BCUT2D eigenvalue weighted by Crippen LogP contribution is 2.22. The van der Waals surface area contributed by atoms with Gasteiger partial charge in [0.05, 0.1) is 0 Å². The van der Waals surface area contributed by atoms with E-state index < -0.39 is 5.97 Å². The largest absolute Gasteiger partial charge is 0.476 e. The third-order valence-electron chi connectivity index (χ3n) is 2.68. The molecule has 0 spiro atoms. The lowest BCUT2D eigenvalue weighted by molar-refractivity contribution is 0.0691. The van der Waals surface area contributed by atoms with Crippen LogP contribution in [0.5, 0.6) is 0 Å². The van der Waals surface area contributed by atoms with Crippen molar-refractivity contribution < 1.29 is 14.4 Å². The maximum Gasteiger partial charge on any atom is 0.358 e. The predicted octanol–water partition coefficient (Wildman–Crippen LogP) is 1.07. The minimum Gasteiger partial charge on any atom is -0.476 e. The summed E-state index contributed by atoms with van der Waals surface area (Å²) >= 11 is 0. The van der Waals surface area contributed by atoms with Crippen LogP contribution in [-0.4, -0.2) is 36.2 Å². The Bertz CT molecular complexity index is 721. The number of aromatic carboxylic acids is 1. The van der Waals surface area contributed by atoms with Gasteiger partial charge in [-0.1, -0.05) is 40.7 Å². The molecular weight excluding hydrogens is 262 g/mol. The second kappa shape index (κ2) is 4.92. The first-order valence-electron chi connectivity index (χ1n) is 5.73. The molecule has 0 bridgehead atoms. The van der Waals surface area contributed by atoms with E-state index in [0.29, 0.717) is 17.1 Å². The van der Waals surface area contributed by atoms with Gasteiger partial charge in [-0.3, -0.25) is 0 Å². The molecule has 1 N–H and O–H groups in total. The van der Waals surface area contributed by atoms with Crippen LogP contribution in [0.2, 0.25) is 0 Å². The summed E-state index contributed by atoms with van der Waals surface area (Å²) in [6.07, 6.45) is 1.27. The molecule has 0 radical (unpaired) electrons. The van der Waals surface area contributed by atoms with Crippen LogP contribution in [0.15, 0.2) is 41.2 Å². The first-order valence-corrected chi connectivity index (χ1v) is 5.73. The summed E-state index contributed by atoms with van der Waals surface area (Å²) in [5.41, 5.74) is 0.987. The number of carboxylic acid groups (broad SMARTS) is 1. The smallest absolute Gasteiger partial charge is 0.358 e. The third-order valence-corrected chi connectivity index (χ3v) is 2.68. The van der Waals surface area contributed by atoms with Crippen molar-refractivity contribution in [2.45, 2.75) is 6.54 Å². The van der Waals surface area contributed by atoms with E-state index in [-0.39, 0.29) is 12.2 Å². The van der Waals surface area contributed by atoms with E-state index in [1.54, 1.807) is 12.1 Å². The van der Waals surface area contributed by atoms with Gasteiger partial charge in [-0.15, -0.1) is 5.10 Å². The van der Waals surface area contributed by atoms with Gasteiger partial charge in [-0.2, -0.15) is 4.98 Å².